The molecule has 0 aliphatic carbocycles. The lowest BCUT2D eigenvalue weighted by molar-refractivity contribution is -0.132. The van der Waals surface area contributed by atoms with Crippen LogP contribution in [0.1, 0.15) is 28.3 Å². The monoisotopic (exact) mass is 429 g/mol. The van der Waals surface area contributed by atoms with Gasteiger partial charge in [-0.1, -0.05) is 36.4 Å². The number of hydrogen-bond donors (Lipinski definition) is 1. The van der Waals surface area contributed by atoms with Crippen molar-refractivity contribution in [2.75, 3.05) is 11.5 Å². The van der Waals surface area contributed by atoms with Crippen molar-refractivity contribution < 1.29 is 23.8 Å². The minimum Gasteiger partial charge on any atom is -0.507 e. The van der Waals surface area contributed by atoms with Gasteiger partial charge >= 0.3 is 0 Å². The van der Waals surface area contributed by atoms with Gasteiger partial charge in [-0.05, 0) is 48.4 Å². The number of nitrogens with zero attached hydrogens (tertiary/aromatic N) is 1. The normalized spacial score (nSPS) is 19.2. The maximum atomic E-state index is 14.9. The fourth-order valence-electron chi connectivity index (χ4n) is 4.40. The lowest BCUT2D eigenvalue weighted by atomic mass is 9.94. The molecule has 2 aliphatic heterocycles. The van der Waals surface area contributed by atoms with E-state index in [0.717, 1.165) is 16.9 Å². The van der Waals surface area contributed by atoms with Gasteiger partial charge in [-0.25, -0.2) is 4.39 Å². The van der Waals surface area contributed by atoms with Crippen LogP contribution >= 0.6 is 0 Å². The van der Waals surface area contributed by atoms with Crippen molar-refractivity contribution in [3.63, 3.8) is 0 Å². The van der Waals surface area contributed by atoms with E-state index in [2.05, 4.69) is 0 Å². The van der Waals surface area contributed by atoms with E-state index in [4.69, 9.17) is 4.74 Å². The first-order valence-electron chi connectivity index (χ1n) is 10.3. The summed E-state index contributed by atoms with van der Waals surface area (Å²) < 4.78 is 20.4. The second kappa shape index (κ2) is 7.64. The van der Waals surface area contributed by atoms with Gasteiger partial charge in [-0.2, -0.15) is 0 Å². The van der Waals surface area contributed by atoms with Crippen molar-refractivity contribution in [2.24, 2.45) is 0 Å². The molecule has 0 radical (unpaired) electrons. The van der Waals surface area contributed by atoms with Crippen LogP contribution in [0.3, 0.4) is 0 Å². The second-order valence-electron chi connectivity index (χ2n) is 7.90. The van der Waals surface area contributed by atoms with Gasteiger partial charge in [0, 0.05) is 23.2 Å². The number of halogens is 1. The number of rotatable bonds is 3. The molecule has 5 rings (SSSR count). The molecule has 3 aromatic rings. The number of benzene rings is 3. The Balaban J connectivity index is 1.74. The molecular weight excluding hydrogens is 409 g/mol. The van der Waals surface area contributed by atoms with E-state index in [-0.39, 0.29) is 16.9 Å². The number of amides is 1. The highest BCUT2D eigenvalue weighted by Gasteiger charge is 2.48. The maximum Gasteiger partial charge on any atom is 0.300 e. The van der Waals surface area contributed by atoms with E-state index in [1.165, 1.54) is 17.0 Å². The highest BCUT2D eigenvalue weighted by Crippen LogP contribution is 2.44. The number of aliphatic hydroxyl groups excluding tert-OH is 1. The standard InChI is InChI=1S/C26H20FNO4/c1-15-6-2-5-9-20(15)28-23(18-7-3-4-8-19(18)27)22(25(30)26(28)31)24(29)17-10-11-21-16(14-17)12-13-32-21/h2-11,14,23,29H,12-13H2,1H3/b24-22+. The van der Waals surface area contributed by atoms with E-state index in [1.54, 1.807) is 42.5 Å². The molecule has 1 atom stereocenters. The number of ether oxygens (including phenoxy) is 1. The summed E-state index contributed by atoms with van der Waals surface area (Å²) in [5.74, 6) is -1.82. The molecule has 0 spiro atoms. The Morgan fingerprint density at radius 3 is 2.59 bits per heavy atom. The quantitative estimate of drug-likeness (QED) is 0.373. The van der Waals surface area contributed by atoms with Gasteiger partial charge in [0.2, 0.25) is 0 Å². The number of fused-ring (bicyclic) bond motifs is 1. The molecule has 160 valence electrons. The predicted octanol–water partition coefficient (Wildman–Crippen LogP) is 4.70. The molecule has 2 heterocycles. The van der Waals surface area contributed by atoms with Gasteiger partial charge < -0.3 is 9.84 Å². The molecule has 0 aromatic heterocycles. The Labute approximate surface area is 184 Å². The van der Waals surface area contributed by atoms with Crippen molar-refractivity contribution in [3.05, 3.63) is 100 Å². The van der Waals surface area contributed by atoms with Crippen LogP contribution in [0.2, 0.25) is 0 Å². The summed E-state index contributed by atoms with van der Waals surface area (Å²) in [5, 5.41) is 11.2. The molecule has 2 aliphatic rings. The molecule has 1 N–H and O–H groups in total. The number of anilines is 1. The van der Waals surface area contributed by atoms with Crippen LogP contribution in [0.15, 0.2) is 72.3 Å². The van der Waals surface area contributed by atoms with Gasteiger partial charge in [0.05, 0.1) is 18.2 Å². The number of ketones is 1. The Bertz CT molecular complexity index is 1300. The van der Waals surface area contributed by atoms with Crippen LogP contribution in [-0.2, 0) is 16.0 Å². The molecule has 32 heavy (non-hydrogen) atoms. The van der Waals surface area contributed by atoms with Gasteiger partial charge in [0.1, 0.15) is 17.3 Å². The number of aryl methyl sites for hydroxylation is 1. The average molecular weight is 429 g/mol. The van der Waals surface area contributed by atoms with E-state index in [9.17, 15) is 19.1 Å². The predicted molar refractivity (Wildman–Crippen MR) is 118 cm³/mol. The fourth-order valence-corrected chi connectivity index (χ4v) is 4.40. The third-order valence-corrected chi connectivity index (χ3v) is 5.98. The number of hydrogen-bond acceptors (Lipinski definition) is 4. The van der Waals surface area contributed by atoms with Gasteiger partial charge in [0.25, 0.3) is 11.7 Å². The summed E-state index contributed by atoms with van der Waals surface area (Å²) in [6.07, 6.45) is 0.685. The Hall–Kier alpha value is -3.93. The Morgan fingerprint density at radius 1 is 1.06 bits per heavy atom. The largest absolute Gasteiger partial charge is 0.507 e. The number of carbonyl (C=O) groups excluding carboxylic acids is 2. The Kier molecular flexibility index (Phi) is 4.78. The van der Waals surface area contributed by atoms with Crippen molar-refractivity contribution in [2.45, 2.75) is 19.4 Å². The molecule has 0 saturated carbocycles. The number of para-hydroxylation sites is 1. The summed E-state index contributed by atoms with van der Waals surface area (Å²) in [6, 6.07) is 17.1. The average Bonchev–Trinajstić information content (AvgIpc) is 3.36. The number of Topliss-reactive ketones (excluding diaryl/α,β-unsaturated/α-hetero) is 1. The third-order valence-electron chi connectivity index (χ3n) is 5.98. The van der Waals surface area contributed by atoms with Crippen LogP contribution in [0.25, 0.3) is 5.76 Å². The van der Waals surface area contributed by atoms with Crippen molar-refractivity contribution in [3.8, 4) is 5.75 Å². The molecular formula is C26H20FNO4. The third kappa shape index (κ3) is 3.07. The first kappa shape index (κ1) is 20.0. The highest BCUT2D eigenvalue weighted by atomic mass is 19.1. The van der Waals surface area contributed by atoms with Crippen LogP contribution in [0.4, 0.5) is 10.1 Å². The zero-order chi connectivity index (χ0) is 22.4. The lowest BCUT2D eigenvalue weighted by Gasteiger charge is -2.27. The molecule has 5 nitrogen and oxygen atoms in total. The minimum absolute atomic E-state index is 0.137. The summed E-state index contributed by atoms with van der Waals surface area (Å²) in [5.41, 5.74) is 2.54. The van der Waals surface area contributed by atoms with Crippen LogP contribution < -0.4 is 9.64 Å². The van der Waals surface area contributed by atoms with Gasteiger partial charge in [-0.15, -0.1) is 0 Å². The first-order valence-corrected chi connectivity index (χ1v) is 10.3. The molecule has 1 amide bonds. The Morgan fingerprint density at radius 2 is 1.81 bits per heavy atom. The van der Waals surface area contributed by atoms with E-state index >= 15 is 0 Å². The fraction of sp³-hybridized carbons (Fsp3) is 0.154. The zero-order valence-corrected chi connectivity index (χ0v) is 17.3. The van der Waals surface area contributed by atoms with Gasteiger partial charge in [0.15, 0.2) is 0 Å². The summed E-state index contributed by atoms with van der Waals surface area (Å²) in [6.45, 7) is 2.36. The smallest absolute Gasteiger partial charge is 0.300 e. The van der Waals surface area contributed by atoms with Crippen molar-refractivity contribution in [1.29, 1.82) is 0 Å². The number of aliphatic hydroxyl groups is 1. The van der Waals surface area contributed by atoms with Crippen LogP contribution in [0, 0.1) is 12.7 Å². The van der Waals surface area contributed by atoms with Crippen molar-refractivity contribution >= 4 is 23.1 Å². The second-order valence-corrected chi connectivity index (χ2v) is 7.90. The van der Waals surface area contributed by atoms with Crippen molar-refractivity contribution in [1.82, 2.24) is 0 Å². The zero-order valence-electron chi connectivity index (χ0n) is 17.3. The van der Waals surface area contributed by atoms with Crippen LogP contribution in [0.5, 0.6) is 5.75 Å². The molecule has 1 unspecified atom stereocenters. The molecule has 3 aromatic carbocycles. The van der Waals surface area contributed by atoms with Crippen LogP contribution in [-0.4, -0.2) is 23.4 Å². The lowest BCUT2D eigenvalue weighted by Crippen LogP contribution is -2.30. The molecule has 1 fully saturated rings. The van der Waals surface area contributed by atoms with E-state index in [1.807, 2.05) is 19.1 Å². The molecule has 1 saturated heterocycles. The molecule has 0 bridgehead atoms. The first-order chi connectivity index (χ1) is 15.5. The summed E-state index contributed by atoms with van der Waals surface area (Å²) in [7, 11) is 0. The molecule has 6 heteroatoms. The van der Waals surface area contributed by atoms with E-state index in [0.29, 0.717) is 24.3 Å². The number of carbonyl (C=O) groups is 2. The topological polar surface area (TPSA) is 66.8 Å². The summed E-state index contributed by atoms with van der Waals surface area (Å²) in [4.78, 5) is 27.6. The minimum atomic E-state index is -1.10. The maximum absolute atomic E-state index is 14.9. The summed E-state index contributed by atoms with van der Waals surface area (Å²) >= 11 is 0. The SMILES string of the molecule is Cc1ccccc1N1C(=O)C(=O)/C(=C(/O)c2ccc3c(c2)CCO3)C1c1ccccc1F. The highest BCUT2D eigenvalue weighted by molar-refractivity contribution is 6.51. The van der Waals surface area contributed by atoms with E-state index < -0.39 is 23.5 Å². The van der Waals surface area contributed by atoms with Gasteiger partial charge in [-0.3, -0.25) is 14.5 Å².